The molecule has 1 fully saturated rings. The van der Waals surface area contributed by atoms with Crippen molar-refractivity contribution < 1.29 is 9.90 Å². The Hall–Kier alpha value is -2.01. The van der Waals surface area contributed by atoms with E-state index < -0.39 is 6.10 Å². The van der Waals surface area contributed by atoms with Crippen molar-refractivity contribution in [1.29, 1.82) is 0 Å². The standard InChI is InChI=1S/C17H23N3O2/c1-12(2)10-19-7-5-13-9-14(3-4-16(13)19)18-17(22)20-8-6-15(21)11-20/h3-5,7,9,12,15,21H,6,8,10-11H2,1-2H3,(H,18,22)/t15-/m0/s1. The number of hydrogen-bond donors (Lipinski definition) is 2. The maximum absolute atomic E-state index is 12.1. The number of carbonyl (C=O) groups is 1. The quantitative estimate of drug-likeness (QED) is 0.916. The fourth-order valence-electron chi connectivity index (χ4n) is 2.96. The van der Waals surface area contributed by atoms with Gasteiger partial charge in [-0.25, -0.2) is 4.79 Å². The van der Waals surface area contributed by atoms with Crippen LogP contribution in [0.25, 0.3) is 10.9 Å². The summed E-state index contributed by atoms with van der Waals surface area (Å²) >= 11 is 0. The zero-order valence-corrected chi connectivity index (χ0v) is 13.1. The molecule has 22 heavy (non-hydrogen) atoms. The van der Waals surface area contributed by atoms with Gasteiger partial charge in [0.1, 0.15) is 0 Å². The van der Waals surface area contributed by atoms with Crippen LogP contribution in [-0.4, -0.2) is 39.8 Å². The molecule has 0 bridgehead atoms. The van der Waals surface area contributed by atoms with Crippen molar-refractivity contribution >= 4 is 22.6 Å². The molecule has 0 spiro atoms. The van der Waals surface area contributed by atoms with E-state index in [0.29, 0.717) is 25.4 Å². The Balaban J connectivity index is 1.74. The number of fused-ring (bicyclic) bond motifs is 1. The van der Waals surface area contributed by atoms with E-state index in [9.17, 15) is 9.90 Å². The monoisotopic (exact) mass is 301 g/mol. The Kier molecular flexibility index (Phi) is 4.07. The zero-order valence-electron chi connectivity index (χ0n) is 13.1. The number of nitrogens with zero attached hydrogens (tertiary/aromatic N) is 2. The number of rotatable bonds is 3. The maximum atomic E-state index is 12.1. The van der Waals surface area contributed by atoms with Gasteiger partial charge in [-0.15, -0.1) is 0 Å². The van der Waals surface area contributed by atoms with Crippen LogP contribution < -0.4 is 5.32 Å². The van der Waals surface area contributed by atoms with Crippen molar-refractivity contribution in [2.45, 2.75) is 32.9 Å². The second-order valence-electron chi connectivity index (χ2n) is 6.45. The van der Waals surface area contributed by atoms with Crippen LogP contribution in [0.5, 0.6) is 0 Å². The minimum Gasteiger partial charge on any atom is -0.391 e. The maximum Gasteiger partial charge on any atom is 0.321 e. The molecule has 1 saturated heterocycles. The average Bonchev–Trinajstić information content (AvgIpc) is 3.05. The first-order valence-electron chi connectivity index (χ1n) is 7.86. The highest BCUT2D eigenvalue weighted by molar-refractivity contribution is 5.93. The van der Waals surface area contributed by atoms with Crippen molar-refractivity contribution in [3.63, 3.8) is 0 Å². The minimum atomic E-state index is -0.390. The molecule has 1 aromatic carbocycles. The Labute approximate surface area is 130 Å². The number of nitrogens with one attached hydrogen (secondary N) is 1. The zero-order chi connectivity index (χ0) is 15.7. The van der Waals surface area contributed by atoms with Crippen LogP contribution in [0.3, 0.4) is 0 Å². The largest absolute Gasteiger partial charge is 0.391 e. The first-order valence-corrected chi connectivity index (χ1v) is 7.86. The van der Waals surface area contributed by atoms with Gasteiger partial charge in [0.05, 0.1) is 6.10 Å². The van der Waals surface area contributed by atoms with Crippen molar-refractivity contribution in [3.05, 3.63) is 30.5 Å². The summed E-state index contributed by atoms with van der Waals surface area (Å²) in [4.78, 5) is 13.8. The third-order valence-electron chi connectivity index (χ3n) is 4.03. The number of benzene rings is 1. The number of aliphatic hydroxyl groups excluding tert-OH is 1. The second-order valence-corrected chi connectivity index (χ2v) is 6.45. The van der Waals surface area contributed by atoms with Gasteiger partial charge >= 0.3 is 6.03 Å². The molecule has 0 unspecified atom stereocenters. The van der Waals surface area contributed by atoms with Gasteiger partial charge in [0.2, 0.25) is 0 Å². The first-order chi connectivity index (χ1) is 10.5. The Bertz CT molecular complexity index is 678. The van der Waals surface area contributed by atoms with Crippen LogP contribution in [0.4, 0.5) is 10.5 Å². The summed E-state index contributed by atoms with van der Waals surface area (Å²) < 4.78 is 2.24. The number of likely N-dealkylation sites (tertiary alicyclic amines) is 1. The fourth-order valence-corrected chi connectivity index (χ4v) is 2.96. The molecule has 0 aliphatic carbocycles. The lowest BCUT2D eigenvalue weighted by Crippen LogP contribution is -2.33. The van der Waals surface area contributed by atoms with Gasteiger partial charge in [0, 0.05) is 42.4 Å². The van der Waals surface area contributed by atoms with E-state index in [0.717, 1.165) is 17.6 Å². The van der Waals surface area contributed by atoms with Gasteiger partial charge in [-0.05, 0) is 36.6 Å². The van der Waals surface area contributed by atoms with E-state index in [2.05, 4.69) is 36.0 Å². The predicted octanol–water partition coefficient (Wildman–Crippen LogP) is 2.90. The summed E-state index contributed by atoms with van der Waals surface area (Å²) in [6.07, 6.45) is 2.36. The summed E-state index contributed by atoms with van der Waals surface area (Å²) in [5.74, 6) is 0.594. The Morgan fingerprint density at radius 1 is 1.41 bits per heavy atom. The molecule has 3 rings (SSSR count). The SMILES string of the molecule is CC(C)Cn1ccc2cc(NC(=O)N3CC[C@H](O)C3)ccc21. The van der Waals surface area contributed by atoms with Gasteiger partial charge in [0.15, 0.2) is 0 Å². The highest BCUT2D eigenvalue weighted by Crippen LogP contribution is 2.22. The molecule has 1 aromatic heterocycles. The van der Waals surface area contributed by atoms with Crippen LogP contribution in [0.15, 0.2) is 30.5 Å². The van der Waals surface area contributed by atoms with Crippen LogP contribution in [0.2, 0.25) is 0 Å². The first kappa shape index (κ1) is 14.9. The number of aliphatic hydroxyl groups is 1. The summed E-state index contributed by atoms with van der Waals surface area (Å²) in [7, 11) is 0. The van der Waals surface area contributed by atoms with E-state index in [-0.39, 0.29) is 6.03 Å². The lowest BCUT2D eigenvalue weighted by molar-refractivity contribution is 0.176. The fraction of sp³-hybridized carbons (Fsp3) is 0.471. The smallest absolute Gasteiger partial charge is 0.321 e. The van der Waals surface area contributed by atoms with E-state index >= 15 is 0 Å². The average molecular weight is 301 g/mol. The summed E-state index contributed by atoms with van der Waals surface area (Å²) in [5.41, 5.74) is 1.98. The van der Waals surface area contributed by atoms with E-state index in [1.165, 1.54) is 5.52 Å². The van der Waals surface area contributed by atoms with Gasteiger partial charge in [0.25, 0.3) is 0 Å². The summed E-state index contributed by atoms with van der Waals surface area (Å²) in [6.45, 7) is 6.41. The topological polar surface area (TPSA) is 57.5 Å². The van der Waals surface area contributed by atoms with Crippen LogP contribution >= 0.6 is 0 Å². The molecule has 2 amide bonds. The van der Waals surface area contributed by atoms with Gasteiger partial charge in [-0.2, -0.15) is 0 Å². The molecule has 2 N–H and O–H groups in total. The van der Waals surface area contributed by atoms with Crippen LogP contribution in [0.1, 0.15) is 20.3 Å². The number of amides is 2. The molecule has 0 radical (unpaired) electrons. The number of β-amino-alcohol motifs (C(OH)–C–C–N with tert-alkyl or cyclic N) is 1. The summed E-state index contributed by atoms with van der Waals surface area (Å²) in [6, 6.07) is 7.91. The van der Waals surface area contributed by atoms with Crippen molar-refractivity contribution in [2.24, 2.45) is 5.92 Å². The van der Waals surface area contributed by atoms with E-state index in [1.54, 1.807) is 4.90 Å². The summed E-state index contributed by atoms with van der Waals surface area (Å²) in [5, 5.41) is 13.5. The van der Waals surface area contributed by atoms with Crippen LogP contribution in [0, 0.1) is 5.92 Å². The molecule has 1 aliphatic rings. The number of anilines is 1. The van der Waals surface area contributed by atoms with E-state index in [4.69, 9.17) is 0 Å². The molecule has 5 heteroatoms. The number of carbonyl (C=O) groups excluding carboxylic acids is 1. The predicted molar refractivity (Wildman–Crippen MR) is 88.0 cm³/mol. The second kappa shape index (κ2) is 6.01. The van der Waals surface area contributed by atoms with Gasteiger partial charge < -0.3 is 19.9 Å². The van der Waals surface area contributed by atoms with Gasteiger partial charge in [-0.3, -0.25) is 0 Å². The molecule has 118 valence electrons. The molecule has 2 aromatic rings. The normalized spacial score (nSPS) is 18.4. The third kappa shape index (κ3) is 3.09. The highest BCUT2D eigenvalue weighted by atomic mass is 16.3. The Morgan fingerprint density at radius 3 is 2.91 bits per heavy atom. The van der Waals surface area contributed by atoms with Crippen molar-refractivity contribution in [3.8, 4) is 0 Å². The number of hydrogen-bond acceptors (Lipinski definition) is 2. The van der Waals surface area contributed by atoms with Crippen LogP contribution in [-0.2, 0) is 6.54 Å². The Morgan fingerprint density at radius 2 is 2.23 bits per heavy atom. The molecular weight excluding hydrogens is 278 g/mol. The van der Waals surface area contributed by atoms with Crippen molar-refractivity contribution in [2.75, 3.05) is 18.4 Å². The number of urea groups is 1. The molecule has 1 aliphatic heterocycles. The molecule has 1 atom stereocenters. The lowest BCUT2D eigenvalue weighted by atomic mass is 10.2. The molecule has 5 nitrogen and oxygen atoms in total. The molecular formula is C17H23N3O2. The van der Waals surface area contributed by atoms with Gasteiger partial charge in [-0.1, -0.05) is 13.8 Å². The molecule has 2 heterocycles. The van der Waals surface area contributed by atoms with E-state index in [1.807, 2.05) is 18.2 Å². The lowest BCUT2D eigenvalue weighted by Gasteiger charge is -2.16. The van der Waals surface area contributed by atoms with Crippen molar-refractivity contribution in [1.82, 2.24) is 9.47 Å². The third-order valence-corrected chi connectivity index (χ3v) is 4.03. The number of aromatic nitrogens is 1. The highest BCUT2D eigenvalue weighted by Gasteiger charge is 2.24. The molecule has 0 saturated carbocycles. The minimum absolute atomic E-state index is 0.141.